The molecule has 6 nitrogen and oxygen atoms in total. The summed E-state index contributed by atoms with van der Waals surface area (Å²) in [5, 5.41) is 3.12. The second kappa shape index (κ2) is 9.80. The number of aryl methyl sites for hydroxylation is 2. The van der Waals surface area contributed by atoms with E-state index >= 15 is 0 Å². The minimum absolute atomic E-state index is 0.229. The highest BCUT2D eigenvalue weighted by Crippen LogP contribution is 2.32. The molecule has 0 aliphatic heterocycles. The molecule has 1 amide bonds. The summed E-state index contributed by atoms with van der Waals surface area (Å²) in [5.74, 6) is -0.0710. The maximum absolute atomic E-state index is 12.3. The molecule has 1 N–H and O–H groups in total. The van der Waals surface area contributed by atoms with Crippen molar-refractivity contribution in [3.63, 3.8) is 0 Å². The average molecular weight is 425 g/mol. The number of ether oxygens (including phenoxy) is 1. The summed E-state index contributed by atoms with van der Waals surface area (Å²) in [6.07, 6.45) is 2.63. The van der Waals surface area contributed by atoms with Crippen molar-refractivity contribution in [1.29, 1.82) is 0 Å². The van der Waals surface area contributed by atoms with E-state index in [2.05, 4.69) is 29.6 Å². The predicted octanol–water partition coefficient (Wildman–Crippen LogP) is 3.17. The van der Waals surface area contributed by atoms with Gasteiger partial charge in [-0.15, -0.1) is 0 Å². The molecule has 0 bridgehead atoms. The van der Waals surface area contributed by atoms with Gasteiger partial charge in [0.25, 0.3) is 0 Å². The third-order valence-corrected chi connectivity index (χ3v) is 5.54. The van der Waals surface area contributed by atoms with Gasteiger partial charge in [-0.2, -0.15) is 0 Å². The van der Waals surface area contributed by atoms with Crippen LogP contribution in [0, 0.1) is 6.92 Å². The zero-order valence-corrected chi connectivity index (χ0v) is 17.8. The molecule has 0 saturated heterocycles. The molecule has 0 unspecified atom stereocenters. The SMILES string of the molecule is COc1ccc(Cl)cc1N(CC(=O)NCCCc1ccc(C)cc1)S(C)(=O)=O. The van der Waals surface area contributed by atoms with Crippen molar-refractivity contribution >= 4 is 33.2 Å². The molecule has 0 spiro atoms. The zero-order valence-electron chi connectivity index (χ0n) is 16.2. The topological polar surface area (TPSA) is 75.7 Å². The maximum atomic E-state index is 12.3. The molecule has 152 valence electrons. The fourth-order valence-corrected chi connectivity index (χ4v) is 3.72. The van der Waals surface area contributed by atoms with Gasteiger partial charge >= 0.3 is 0 Å². The van der Waals surface area contributed by atoms with E-state index in [1.807, 2.05) is 6.92 Å². The Morgan fingerprint density at radius 1 is 1.18 bits per heavy atom. The van der Waals surface area contributed by atoms with Crippen LogP contribution in [-0.4, -0.2) is 40.8 Å². The van der Waals surface area contributed by atoms with Crippen LogP contribution >= 0.6 is 11.6 Å². The van der Waals surface area contributed by atoms with Crippen molar-refractivity contribution in [3.05, 3.63) is 58.6 Å². The molecule has 28 heavy (non-hydrogen) atoms. The van der Waals surface area contributed by atoms with Crippen molar-refractivity contribution < 1.29 is 17.9 Å². The summed E-state index contributed by atoms with van der Waals surface area (Å²) in [6, 6.07) is 12.9. The van der Waals surface area contributed by atoms with Crippen LogP contribution in [0.4, 0.5) is 5.69 Å². The molecule has 0 heterocycles. The fraction of sp³-hybridized carbons (Fsp3) is 0.350. The maximum Gasteiger partial charge on any atom is 0.240 e. The van der Waals surface area contributed by atoms with Crippen LogP contribution in [0.2, 0.25) is 5.02 Å². The van der Waals surface area contributed by atoms with Gasteiger partial charge in [-0.25, -0.2) is 8.42 Å². The van der Waals surface area contributed by atoms with Gasteiger partial charge in [-0.05, 0) is 43.5 Å². The number of rotatable bonds is 9. The number of amides is 1. The van der Waals surface area contributed by atoms with Crippen LogP contribution in [0.1, 0.15) is 17.5 Å². The number of nitrogens with zero attached hydrogens (tertiary/aromatic N) is 1. The summed E-state index contributed by atoms with van der Waals surface area (Å²) in [7, 11) is -2.28. The monoisotopic (exact) mass is 424 g/mol. The predicted molar refractivity (Wildman–Crippen MR) is 113 cm³/mol. The van der Waals surface area contributed by atoms with Crippen molar-refractivity contribution in [2.45, 2.75) is 19.8 Å². The summed E-state index contributed by atoms with van der Waals surface area (Å²) in [4.78, 5) is 12.3. The Labute approximate surface area is 171 Å². The first-order valence-electron chi connectivity index (χ1n) is 8.84. The van der Waals surface area contributed by atoms with E-state index < -0.39 is 15.9 Å². The summed E-state index contributed by atoms with van der Waals surface area (Å²) >= 11 is 6.00. The van der Waals surface area contributed by atoms with Crippen LogP contribution in [0.25, 0.3) is 0 Å². The van der Waals surface area contributed by atoms with Crippen LogP contribution in [0.3, 0.4) is 0 Å². The second-order valence-corrected chi connectivity index (χ2v) is 8.87. The quantitative estimate of drug-likeness (QED) is 0.627. The summed E-state index contributed by atoms with van der Waals surface area (Å²) in [6.45, 7) is 2.14. The molecule has 0 atom stereocenters. The van der Waals surface area contributed by atoms with E-state index in [0.717, 1.165) is 23.4 Å². The van der Waals surface area contributed by atoms with Crippen LogP contribution in [0.5, 0.6) is 5.75 Å². The molecule has 0 aliphatic carbocycles. The lowest BCUT2D eigenvalue weighted by Crippen LogP contribution is -2.40. The number of halogens is 1. The standard InChI is InChI=1S/C20H25ClN2O4S/c1-15-6-8-16(9-7-15)5-4-12-22-20(24)14-23(28(3,25)26)18-13-17(21)10-11-19(18)27-2/h6-11,13H,4-5,12,14H2,1-3H3,(H,22,24). The van der Waals surface area contributed by atoms with Gasteiger partial charge in [0.15, 0.2) is 0 Å². The van der Waals surface area contributed by atoms with E-state index in [4.69, 9.17) is 16.3 Å². The van der Waals surface area contributed by atoms with Crippen LogP contribution in [-0.2, 0) is 21.2 Å². The number of carbonyl (C=O) groups excluding carboxylic acids is 1. The molecule has 2 rings (SSSR count). The molecular weight excluding hydrogens is 400 g/mol. The Hall–Kier alpha value is -2.25. The lowest BCUT2D eigenvalue weighted by molar-refractivity contribution is -0.119. The summed E-state index contributed by atoms with van der Waals surface area (Å²) in [5.41, 5.74) is 2.63. The Kier molecular flexibility index (Phi) is 7.71. The molecule has 8 heteroatoms. The minimum Gasteiger partial charge on any atom is -0.495 e. The molecule has 0 aromatic heterocycles. The van der Waals surface area contributed by atoms with Gasteiger partial charge in [0.1, 0.15) is 12.3 Å². The number of sulfonamides is 1. The number of carbonyl (C=O) groups is 1. The number of hydrogen-bond donors (Lipinski definition) is 1. The van der Waals surface area contributed by atoms with Crippen molar-refractivity contribution in [2.24, 2.45) is 0 Å². The number of anilines is 1. The van der Waals surface area contributed by atoms with E-state index in [1.54, 1.807) is 12.1 Å². The van der Waals surface area contributed by atoms with E-state index in [1.165, 1.54) is 24.3 Å². The molecular formula is C20H25ClN2O4S. The molecule has 0 saturated carbocycles. The second-order valence-electron chi connectivity index (χ2n) is 6.52. The zero-order chi connectivity index (χ0) is 20.7. The van der Waals surface area contributed by atoms with Gasteiger partial charge in [0.05, 0.1) is 19.1 Å². The third-order valence-electron chi connectivity index (χ3n) is 4.18. The smallest absolute Gasteiger partial charge is 0.240 e. The number of hydrogen-bond acceptors (Lipinski definition) is 4. The van der Waals surface area contributed by atoms with Crippen molar-refractivity contribution in [2.75, 3.05) is 30.8 Å². The minimum atomic E-state index is -3.71. The van der Waals surface area contributed by atoms with Gasteiger partial charge in [0.2, 0.25) is 15.9 Å². The Morgan fingerprint density at radius 3 is 2.46 bits per heavy atom. The Bertz CT molecular complexity index is 914. The first kappa shape index (κ1) is 22.0. The third kappa shape index (κ3) is 6.42. The highest BCUT2D eigenvalue weighted by atomic mass is 35.5. The lowest BCUT2D eigenvalue weighted by atomic mass is 10.1. The van der Waals surface area contributed by atoms with E-state index in [0.29, 0.717) is 17.3 Å². The lowest BCUT2D eigenvalue weighted by Gasteiger charge is -2.24. The van der Waals surface area contributed by atoms with Crippen molar-refractivity contribution in [1.82, 2.24) is 5.32 Å². The number of methoxy groups -OCH3 is 1. The molecule has 0 aliphatic rings. The van der Waals surface area contributed by atoms with Gasteiger partial charge < -0.3 is 10.1 Å². The van der Waals surface area contributed by atoms with Crippen molar-refractivity contribution in [3.8, 4) is 5.75 Å². The molecule has 0 radical (unpaired) electrons. The van der Waals surface area contributed by atoms with Gasteiger partial charge in [-0.1, -0.05) is 41.4 Å². The molecule has 2 aromatic carbocycles. The van der Waals surface area contributed by atoms with Crippen LogP contribution < -0.4 is 14.4 Å². The average Bonchev–Trinajstić information content (AvgIpc) is 2.64. The highest BCUT2D eigenvalue weighted by Gasteiger charge is 2.24. The first-order chi connectivity index (χ1) is 13.2. The first-order valence-corrected chi connectivity index (χ1v) is 11.1. The largest absolute Gasteiger partial charge is 0.495 e. The van der Waals surface area contributed by atoms with Gasteiger partial charge in [0, 0.05) is 11.6 Å². The van der Waals surface area contributed by atoms with E-state index in [-0.39, 0.29) is 12.2 Å². The Morgan fingerprint density at radius 2 is 1.86 bits per heavy atom. The molecule has 2 aromatic rings. The van der Waals surface area contributed by atoms with E-state index in [9.17, 15) is 13.2 Å². The fourth-order valence-electron chi connectivity index (χ4n) is 2.70. The van der Waals surface area contributed by atoms with Gasteiger partial charge in [-0.3, -0.25) is 9.10 Å². The molecule has 0 fully saturated rings. The Balaban J connectivity index is 1.98. The summed E-state index contributed by atoms with van der Waals surface area (Å²) < 4.78 is 30.7. The van der Waals surface area contributed by atoms with Crippen LogP contribution in [0.15, 0.2) is 42.5 Å². The highest BCUT2D eigenvalue weighted by molar-refractivity contribution is 7.92. The number of benzene rings is 2. The normalized spacial score (nSPS) is 11.1. The number of nitrogens with one attached hydrogen (secondary N) is 1.